The summed E-state index contributed by atoms with van der Waals surface area (Å²) in [5.74, 6) is -0.0741. The lowest BCUT2D eigenvalue weighted by atomic mass is 9.90. The molecule has 2 atom stereocenters. The van der Waals surface area contributed by atoms with Gasteiger partial charge in [-0.25, -0.2) is 4.79 Å². The van der Waals surface area contributed by atoms with Gasteiger partial charge in [0.15, 0.2) is 0 Å². The van der Waals surface area contributed by atoms with Gasteiger partial charge in [0.25, 0.3) is 0 Å². The molecule has 128 valence electrons. The Balaban J connectivity index is 2.68. The predicted octanol–water partition coefficient (Wildman–Crippen LogP) is 2.77. The Morgan fingerprint density at radius 2 is 1.91 bits per heavy atom. The summed E-state index contributed by atoms with van der Waals surface area (Å²) in [6.45, 7) is 8.91. The van der Waals surface area contributed by atoms with E-state index in [4.69, 9.17) is 9.47 Å². The van der Waals surface area contributed by atoms with Crippen molar-refractivity contribution in [3.05, 3.63) is 0 Å². The minimum Gasteiger partial charge on any atom is -0.458 e. The van der Waals surface area contributed by atoms with Crippen LogP contribution in [0.3, 0.4) is 0 Å². The first kappa shape index (κ1) is 18.9. The fourth-order valence-corrected chi connectivity index (χ4v) is 2.86. The van der Waals surface area contributed by atoms with Crippen molar-refractivity contribution in [2.45, 2.75) is 71.4 Å². The van der Waals surface area contributed by atoms with Crippen molar-refractivity contribution in [3.63, 3.8) is 0 Å². The molecule has 1 aliphatic heterocycles. The van der Waals surface area contributed by atoms with E-state index < -0.39 is 11.6 Å². The third-order valence-corrected chi connectivity index (χ3v) is 3.89. The second kappa shape index (κ2) is 8.51. The van der Waals surface area contributed by atoms with Crippen LogP contribution in [0.25, 0.3) is 0 Å². The van der Waals surface area contributed by atoms with Crippen LogP contribution >= 0.6 is 0 Å². The highest BCUT2D eigenvalue weighted by Crippen LogP contribution is 2.26. The Morgan fingerprint density at radius 1 is 1.23 bits per heavy atom. The van der Waals surface area contributed by atoms with Gasteiger partial charge in [0.2, 0.25) is 5.91 Å². The van der Waals surface area contributed by atoms with E-state index in [9.17, 15) is 9.59 Å². The summed E-state index contributed by atoms with van der Waals surface area (Å²) in [5, 5.41) is 0. The van der Waals surface area contributed by atoms with E-state index in [1.165, 1.54) is 0 Å². The minimum atomic E-state index is -0.526. The number of unbranched alkanes of at least 4 members (excludes halogenated alkanes) is 1. The van der Waals surface area contributed by atoms with Gasteiger partial charge >= 0.3 is 5.97 Å². The molecule has 1 rings (SSSR count). The highest BCUT2D eigenvalue weighted by atomic mass is 16.6. The molecule has 1 aliphatic rings. The van der Waals surface area contributed by atoms with Gasteiger partial charge in [0.05, 0.1) is 0 Å². The van der Waals surface area contributed by atoms with Gasteiger partial charge in [-0.2, -0.15) is 0 Å². The summed E-state index contributed by atoms with van der Waals surface area (Å²) in [4.78, 5) is 26.7. The molecule has 0 N–H and O–H groups in total. The van der Waals surface area contributed by atoms with Crippen LogP contribution < -0.4 is 0 Å². The Kier molecular flexibility index (Phi) is 7.33. The summed E-state index contributed by atoms with van der Waals surface area (Å²) in [6, 6.07) is -0.442. The normalized spacial score (nSPS) is 22.5. The van der Waals surface area contributed by atoms with E-state index in [0.29, 0.717) is 19.6 Å². The number of ether oxygens (including phenoxy) is 2. The van der Waals surface area contributed by atoms with Crippen LogP contribution in [0.5, 0.6) is 0 Å². The van der Waals surface area contributed by atoms with Gasteiger partial charge in [0.1, 0.15) is 11.6 Å². The Hall–Kier alpha value is -1.10. The van der Waals surface area contributed by atoms with E-state index in [-0.39, 0.29) is 17.8 Å². The number of likely N-dealkylation sites (tertiary alicyclic amines) is 1. The van der Waals surface area contributed by atoms with Gasteiger partial charge in [-0.05, 0) is 52.4 Å². The Labute approximate surface area is 134 Å². The largest absolute Gasteiger partial charge is 0.458 e. The van der Waals surface area contributed by atoms with Crippen molar-refractivity contribution in [3.8, 4) is 0 Å². The molecular weight excluding hydrogens is 282 g/mol. The van der Waals surface area contributed by atoms with E-state index >= 15 is 0 Å². The molecule has 22 heavy (non-hydrogen) atoms. The average molecular weight is 313 g/mol. The quantitative estimate of drug-likeness (QED) is 0.559. The molecule has 1 saturated heterocycles. The van der Waals surface area contributed by atoms with E-state index in [2.05, 4.69) is 0 Å². The van der Waals surface area contributed by atoms with E-state index in [1.807, 2.05) is 27.7 Å². The SMILES string of the molecule is COCCCCC(=O)N1CCC[C@H](C)[C@H]1C(=O)OC(C)(C)C. The zero-order valence-electron chi connectivity index (χ0n) is 14.7. The lowest BCUT2D eigenvalue weighted by molar-refractivity contribution is -0.169. The molecule has 0 radical (unpaired) electrons. The van der Waals surface area contributed by atoms with Crippen LogP contribution in [-0.2, 0) is 19.1 Å². The molecule has 1 heterocycles. The predicted molar refractivity (Wildman–Crippen MR) is 85.5 cm³/mol. The number of nitrogens with zero attached hydrogens (tertiary/aromatic N) is 1. The standard InChI is InChI=1S/C17H31NO4/c1-13-9-8-11-18(14(19)10-6-7-12-21-5)15(13)16(20)22-17(2,3)4/h13,15H,6-12H2,1-5H3/t13-,15-/m0/s1. The van der Waals surface area contributed by atoms with Crippen LogP contribution in [0.15, 0.2) is 0 Å². The molecule has 0 bridgehead atoms. The van der Waals surface area contributed by atoms with Gasteiger partial charge < -0.3 is 14.4 Å². The van der Waals surface area contributed by atoms with E-state index in [1.54, 1.807) is 12.0 Å². The number of methoxy groups -OCH3 is 1. The molecule has 0 aromatic rings. The molecule has 0 aliphatic carbocycles. The maximum absolute atomic E-state index is 12.5. The zero-order valence-corrected chi connectivity index (χ0v) is 14.7. The van der Waals surface area contributed by atoms with Crippen LogP contribution in [0.1, 0.15) is 59.8 Å². The topological polar surface area (TPSA) is 55.8 Å². The summed E-state index contributed by atoms with van der Waals surface area (Å²) in [6.07, 6.45) is 4.03. The van der Waals surface area contributed by atoms with E-state index in [0.717, 1.165) is 25.7 Å². The maximum atomic E-state index is 12.5. The molecule has 0 unspecified atom stereocenters. The fraction of sp³-hybridized carbons (Fsp3) is 0.882. The first-order valence-electron chi connectivity index (χ1n) is 8.27. The molecule has 0 saturated carbocycles. The Bertz CT molecular complexity index is 375. The Morgan fingerprint density at radius 3 is 2.50 bits per heavy atom. The van der Waals surface area contributed by atoms with Gasteiger partial charge in [-0.15, -0.1) is 0 Å². The number of carbonyl (C=O) groups is 2. The molecule has 1 amide bonds. The molecule has 1 fully saturated rings. The van der Waals surface area contributed by atoms with Crippen LogP contribution in [-0.4, -0.2) is 48.7 Å². The lowest BCUT2D eigenvalue weighted by Gasteiger charge is -2.39. The van der Waals surface area contributed by atoms with Crippen molar-refractivity contribution in [1.82, 2.24) is 4.90 Å². The second-order valence-corrected chi connectivity index (χ2v) is 7.13. The van der Waals surface area contributed by atoms with Crippen LogP contribution in [0, 0.1) is 5.92 Å². The van der Waals surface area contributed by atoms with Crippen molar-refractivity contribution < 1.29 is 19.1 Å². The summed E-state index contributed by atoms with van der Waals surface area (Å²) < 4.78 is 10.5. The summed E-state index contributed by atoms with van der Waals surface area (Å²) >= 11 is 0. The molecule has 5 heteroatoms. The highest BCUT2D eigenvalue weighted by Gasteiger charge is 2.39. The number of hydrogen-bond acceptors (Lipinski definition) is 4. The van der Waals surface area contributed by atoms with Crippen LogP contribution in [0.2, 0.25) is 0 Å². The molecule has 0 aromatic heterocycles. The number of esters is 1. The third kappa shape index (κ3) is 5.95. The first-order chi connectivity index (χ1) is 10.3. The number of piperidine rings is 1. The fourth-order valence-electron chi connectivity index (χ4n) is 2.86. The molecular formula is C17H31NO4. The van der Waals surface area contributed by atoms with Crippen molar-refractivity contribution in [2.24, 2.45) is 5.92 Å². The molecule has 0 spiro atoms. The lowest BCUT2D eigenvalue weighted by Crippen LogP contribution is -2.53. The third-order valence-electron chi connectivity index (χ3n) is 3.89. The van der Waals surface area contributed by atoms with Gasteiger partial charge in [-0.1, -0.05) is 6.92 Å². The number of carbonyl (C=O) groups excluding carboxylic acids is 2. The summed E-state index contributed by atoms with van der Waals surface area (Å²) in [7, 11) is 1.66. The summed E-state index contributed by atoms with van der Waals surface area (Å²) in [5.41, 5.74) is -0.526. The molecule has 0 aromatic carbocycles. The second-order valence-electron chi connectivity index (χ2n) is 7.13. The maximum Gasteiger partial charge on any atom is 0.329 e. The number of hydrogen-bond donors (Lipinski definition) is 0. The average Bonchev–Trinajstić information content (AvgIpc) is 2.41. The molecule has 5 nitrogen and oxygen atoms in total. The smallest absolute Gasteiger partial charge is 0.329 e. The van der Waals surface area contributed by atoms with Crippen LogP contribution in [0.4, 0.5) is 0 Å². The van der Waals surface area contributed by atoms with Crippen molar-refractivity contribution >= 4 is 11.9 Å². The van der Waals surface area contributed by atoms with Crippen molar-refractivity contribution in [1.29, 1.82) is 0 Å². The van der Waals surface area contributed by atoms with Gasteiger partial charge in [-0.3, -0.25) is 4.79 Å². The zero-order chi connectivity index (χ0) is 16.8. The van der Waals surface area contributed by atoms with Gasteiger partial charge in [0, 0.05) is 26.7 Å². The monoisotopic (exact) mass is 313 g/mol. The first-order valence-corrected chi connectivity index (χ1v) is 8.27. The number of rotatable bonds is 6. The highest BCUT2D eigenvalue weighted by molar-refractivity contribution is 5.85. The number of amides is 1. The minimum absolute atomic E-state index is 0.0542. The van der Waals surface area contributed by atoms with Crippen molar-refractivity contribution in [2.75, 3.05) is 20.3 Å².